The van der Waals surface area contributed by atoms with Crippen LogP contribution >= 0.6 is 0 Å². The number of rotatable bonds is 4. The fourth-order valence-corrected chi connectivity index (χ4v) is 3.77. The van der Waals surface area contributed by atoms with Crippen molar-refractivity contribution >= 4 is 0 Å². The summed E-state index contributed by atoms with van der Waals surface area (Å²) >= 11 is 0. The molecule has 0 spiro atoms. The molecular weight excluding hydrogens is 309 g/mol. The highest BCUT2D eigenvalue weighted by molar-refractivity contribution is 5.30. The van der Waals surface area contributed by atoms with Crippen LogP contribution in [0, 0.1) is 5.82 Å². The standard InChI is InChI=1S/C18H28FN3O2/c1-20-7-9-22(10-8-20)16-5-6-21(13-17(16)23)12-14-3-4-15(19)18(11-14)24-2/h3-4,11,16-17,23H,5-10,12-13H2,1-2H3/t16-,17-/m1/s1. The van der Waals surface area contributed by atoms with Crippen LogP contribution in [0.3, 0.4) is 0 Å². The number of benzene rings is 1. The van der Waals surface area contributed by atoms with Crippen molar-refractivity contribution in [1.82, 2.24) is 14.7 Å². The van der Waals surface area contributed by atoms with Gasteiger partial charge in [-0.1, -0.05) is 6.07 Å². The molecule has 1 aromatic rings. The Kier molecular flexibility index (Phi) is 5.71. The number of hydrogen-bond donors (Lipinski definition) is 1. The molecule has 0 aromatic heterocycles. The molecule has 3 rings (SSSR count). The molecule has 2 aliphatic rings. The Bertz CT molecular complexity index is 549. The summed E-state index contributed by atoms with van der Waals surface area (Å²) in [4.78, 5) is 7.01. The first-order valence-corrected chi connectivity index (χ1v) is 8.72. The lowest BCUT2D eigenvalue weighted by Crippen LogP contribution is -2.58. The first-order chi connectivity index (χ1) is 11.6. The molecule has 0 radical (unpaired) electrons. The summed E-state index contributed by atoms with van der Waals surface area (Å²) in [5.41, 5.74) is 1.01. The number of piperazine rings is 1. The van der Waals surface area contributed by atoms with Crippen molar-refractivity contribution in [3.8, 4) is 5.75 Å². The Morgan fingerprint density at radius 3 is 2.62 bits per heavy atom. The third-order valence-electron chi connectivity index (χ3n) is 5.26. The SMILES string of the molecule is COc1cc(CN2CC[C@@H](N3CCN(C)CC3)[C@H](O)C2)ccc1F. The number of hydrogen-bond acceptors (Lipinski definition) is 5. The van der Waals surface area contributed by atoms with E-state index in [0.717, 1.165) is 44.7 Å². The molecular formula is C18H28FN3O2. The largest absolute Gasteiger partial charge is 0.494 e. The summed E-state index contributed by atoms with van der Waals surface area (Å²) in [7, 11) is 3.63. The first-order valence-electron chi connectivity index (χ1n) is 8.72. The van der Waals surface area contributed by atoms with E-state index in [0.29, 0.717) is 13.1 Å². The van der Waals surface area contributed by atoms with Gasteiger partial charge in [0.25, 0.3) is 0 Å². The summed E-state index contributed by atoms with van der Waals surface area (Å²) in [6.45, 7) is 6.54. The Morgan fingerprint density at radius 2 is 1.96 bits per heavy atom. The van der Waals surface area contributed by atoms with Crippen molar-refractivity contribution in [1.29, 1.82) is 0 Å². The summed E-state index contributed by atoms with van der Waals surface area (Å²) in [6, 6.07) is 5.24. The molecule has 24 heavy (non-hydrogen) atoms. The van der Waals surface area contributed by atoms with E-state index in [1.807, 2.05) is 0 Å². The Morgan fingerprint density at radius 1 is 1.21 bits per heavy atom. The Labute approximate surface area is 143 Å². The van der Waals surface area contributed by atoms with E-state index in [-0.39, 0.29) is 23.7 Å². The van der Waals surface area contributed by atoms with Gasteiger partial charge in [-0.2, -0.15) is 0 Å². The predicted octanol–water partition coefficient (Wildman–Crippen LogP) is 1.02. The topological polar surface area (TPSA) is 39.2 Å². The zero-order valence-corrected chi connectivity index (χ0v) is 14.6. The lowest BCUT2D eigenvalue weighted by Gasteiger charge is -2.44. The van der Waals surface area contributed by atoms with Crippen molar-refractivity contribution in [2.24, 2.45) is 0 Å². The van der Waals surface area contributed by atoms with Crippen molar-refractivity contribution < 1.29 is 14.2 Å². The van der Waals surface area contributed by atoms with Gasteiger partial charge in [0, 0.05) is 51.9 Å². The van der Waals surface area contributed by atoms with Crippen LogP contribution < -0.4 is 4.74 Å². The molecule has 0 saturated carbocycles. The lowest BCUT2D eigenvalue weighted by molar-refractivity contribution is -0.0286. The number of aliphatic hydroxyl groups is 1. The van der Waals surface area contributed by atoms with Crippen LogP contribution in [0.15, 0.2) is 18.2 Å². The maximum atomic E-state index is 13.5. The molecule has 2 atom stereocenters. The lowest BCUT2D eigenvalue weighted by atomic mass is 9.98. The molecule has 0 amide bonds. The smallest absolute Gasteiger partial charge is 0.165 e. The highest BCUT2D eigenvalue weighted by Gasteiger charge is 2.33. The van der Waals surface area contributed by atoms with Crippen LogP contribution in [-0.4, -0.2) is 85.4 Å². The van der Waals surface area contributed by atoms with Crippen molar-refractivity contribution in [2.75, 3.05) is 53.4 Å². The van der Waals surface area contributed by atoms with E-state index < -0.39 is 0 Å². The molecule has 5 nitrogen and oxygen atoms in total. The number of piperidine rings is 1. The van der Waals surface area contributed by atoms with E-state index in [4.69, 9.17) is 4.74 Å². The monoisotopic (exact) mass is 337 g/mol. The highest BCUT2D eigenvalue weighted by Crippen LogP contribution is 2.23. The number of likely N-dealkylation sites (N-methyl/N-ethyl adjacent to an activating group) is 1. The molecule has 6 heteroatoms. The second kappa shape index (κ2) is 7.78. The average Bonchev–Trinajstić information content (AvgIpc) is 2.58. The van der Waals surface area contributed by atoms with E-state index in [1.54, 1.807) is 12.1 Å². The van der Waals surface area contributed by atoms with Gasteiger partial charge in [0.1, 0.15) is 0 Å². The molecule has 134 valence electrons. The molecule has 0 aliphatic carbocycles. The normalized spacial score (nSPS) is 27.3. The van der Waals surface area contributed by atoms with Crippen LogP contribution in [0.2, 0.25) is 0 Å². The van der Waals surface area contributed by atoms with Gasteiger partial charge < -0.3 is 14.7 Å². The molecule has 1 N–H and O–H groups in total. The number of halogens is 1. The summed E-state index contributed by atoms with van der Waals surface area (Å²) < 4.78 is 18.6. The minimum atomic E-state index is -0.338. The van der Waals surface area contributed by atoms with Gasteiger partial charge in [-0.3, -0.25) is 9.80 Å². The minimum absolute atomic E-state index is 0.262. The van der Waals surface area contributed by atoms with Crippen molar-refractivity contribution in [3.05, 3.63) is 29.6 Å². The van der Waals surface area contributed by atoms with Crippen LogP contribution in [0.5, 0.6) is 5.75 Å². The second-order valence-corrected chi connectivity index (χ2v) is 6.97. The summed E-state index contributed by atoms with van der Waals surface area (Å²) in [5.74, 6) is -0.0598. The number of aliphatic hydroxyl groups excluding tert-OH is 1. The highest BCUT2D eigenvalue weighted by atomic mass is 19.1. The van der Waals surface area contributed by atoms with Gasteiger partial charge in [-0.15, -0.1) is 0 Å². The van der Waals surface area contributed by atoms with Gasteiger partial charge in [0.2, 0.25) is 0 Å². The average molecular weight is 337 g/mol. The summed E-state index contributed by atoms with van der Waals surface area (Å²) in [6.07, 6.45) is 0.646. The van der Waals surface area contributed by atoms with Crippen molar-refractivity contribution in [3.63, 3.8) is 0 Å². The number of methoxy groups -OCH3 is 1. The molecule has 0 unspecified atom stereocenters. The maximum Gasteiger partial charge on any atom is 0.165 e. The minimum Gasteiger partial charge on any atom is -0.494 e. The molecule has 2 aliphatic heterocycles. The number of nitrogens with zero attached hydrogens (tertiary/aromatic N) is 3. The van der Waals surface area contributed by atoms with Gasteiger partial charge in [-0.05, 0) is 31.2 Å². The first kappa shape index (κ1) is 17.6. The fraction of sp³-hybridized carbons (Fsp3) is 0.667. The maximum absolute atomic E-state index is 13.5. The van der Waals surface area contributed by atoms with Crippen LogP contribution in [0.25, 0.3) is 0 Å². The van der Waals surface area contributed by atoms with E-state index >= 15 is 0 Å². The van der Waals surface area contributed by atoms with Gasteiger partial charge in [0.05, 0.1) is 13.2 Å². The Hall–Kier alpha value is -1.21. The molecule has 0 bridgehead atoms. The summed E-state index contributed by atoms with van der Waals surface area (Å²) in [5, 5.41) is 10.6. The number of β-amino-alcohol motifs (C(OH)–C–C–N with tert-alkyl or cyclic N) is 1. The zero-order valence-electron chi connectivity index (χ0n) is 14.6. The third kappa shape index (κ3) is 4.06. The number of ether oxygens (including phenoxy) is 1. The zero-order chi connectivity index (χ0) is 17.1. The van der Waals surface area contributed by atoms with Crippen molar-refractivity contribution in [2.45, 2.75) is 25.1 Å². The Balaban J connectivity index is 1.55. The second-order valence-electron chi connectivity index (χ2n) is 6.97. The van der Waals surface area contributed by atoms with Crippen LogP contribution in [0.1, 0.15) is 12.0 Å². The van der Waals surface area contributed by atoms with Crippen LogP contribution in [-0.2, 0) is 6.54 Å². The quantitative estimate of drug-likeness (QED) is 0.888. The molecule has 1 aromatic carbocycles. The molecule has 2 heterocycles. The van der Waals surface area contributed by atoms with Gasteiger partial charge in [0.15, 0.2) is 11.6 Å². The predicted molar refractivity (Wildman–Crippen MR) is 91.7 cm³/mol. The fourth-order valence-electron chi connectivity index (χ4n) is 3.77. The van der Waals surface area contributed by atoms with E-state index in [1.165, 1.54) is 13.2 Å². The van der Waals surface area contributed by atoms with E-state index in [2.05, 4.69) is 21.7 Å². The molecule has 2 saturated heterocycles. The third-order valence-corrected chi connectivity index (χ3v) is 5.26. The number of likely N-dealkylation sites (tertiary alicyclic amines) is 1. The molecule has 2 fully saturated rings. The van der Waals surface area contributed by atoms with Crippen LogP contribution in [0.4, 0.5) is 4.39 Å². The van der Waals surface area contributed by atoms with E-state index in [9.17, 15) is 9.50 Å². The van der Waals surface area contributed by atoms with Gasteiger partial charge >= 0.3 is 0 Å². The van der Waals surface area contributed by atoms with Gasteiger partial charge in [-0.25, -0.2) is 4.39 Å².